The first-order chi connectivity index (χ1) is 12.7. The second-order valence-electron chi connectivity index (χ2n) is 6.01. The van der Waals surface area contributed by atoms with E-state index in [2.05, 4.69) is 4.90 Å². The zero-order chi connectivity index (χ0) is 18.4. The summed E-state index contributed by atoms with van der Waals surface area (Å²) in [5, 5.41) is 0.742. The van der Waals surface area contributed by atoms with E-state index >= 15 is 0 Å². The van der Waals surface area contributed by atoms with Crippen molar-refractivity contribution < 1.29 is 14.3 Å². The largest absolute Gasteiger partial charge is 0.494 e. The molecule has 0 saturated carbocycles. The molecule has 1 fully saturated rings. The Morgan fingerprint density at radius 3 is 2.19 bits per heavy atom. The van der Waals surface area contributed by atoms with Gasteiger partial charge in [0.05, 0.1) is 17.3 Å². The van der Waals surface area contributed by atoms with E-state index in [0.29, 0.717) is 25.4 Å². The van der Waals surface area contributed by atoms with Crippen LogP contribution in [0.25, 0.3) is 0 Å². The number of anilines is 1. The van der Waals surface area contributed by atoms with Crippen LogP contribution >= 0.6 is 11.6 Å². The number of hydrogen-bond donors (Lipinski definition) is 0. The molecule has 0 radical (unpaired) electrons. The number of benzene rings is 2. The molecular formula is C20H23ClN2O3. The van der Waals surface area contributed by atoms with Gasteiger partial charge in [0, 0.05) is 26.2 Å². The summed E-state index contributed by atoms with van der Waals surface area (Å²) in [4.78, 5) is 16.4. The number of rotatable bonds is 6. The van der Waals surface area contributed by atoms with E-state index in [1.54, 1.807) is 0 Å². The fraction of sp³-hybridized carbons (Fsp3) is 0.350. The van der Waals surface area contributed by atoms with E-state index in [9.17, 15) is 4.79 Å². The van der Waals surface area contributed by atoms with Crippen LogP contribution in [0.3, 0.4) is 0 Å². The Morgan fingerprint density at radius 2 is 1.58 bits per heavy atom. The Hall–Kier alpha value is -2.40. The lowest BCUT2D eigenvalue weighted by molar-refractivity contribution is -0.133. The van der Waals surface area contributed by atoms with Crippen LogP contribution in [0.1, 0.15) is 6.92 Å². The molecule has 1 saturated heterocycles. The van der Waals surface area contributed by atoms with Crippen LogP contribution in [0.4, 0.5) is 5.69 Å². The van der Waals surface area contributed by atoms with Gasteiger partial charge >= 0.3 is 0 Å². The van der Waals surface area contributed by atoms with Crippen LogP contribution in [0, 0.1) is 0 Å². The first-order valence-electron chi connectivity index (χ1n) is 8.80. The normalized spacial score (nSPS) is 14.2. The molecule has 0 atom stereocenters. The highest BCUT2D eigenvalue weighted by atomic mass is 35.5. The third-order valence-electron chi connectivity index (χ3n) is 4.32. The van der Waals surface area contributed by atoms with E-state index < -0.39 is 0 Å². The Bertz CT molecular complexity index is 728. The predicted molar refractivity (Wildman–Crippen MR) is 103 cm³/mol. The average Bonchev–Trinajstić information content (AvgIpc) is 2.68. The second-order valence-corrected chi connectivity index (χ2v) is 6.42. The van der Waals surface area contributed by atoms with Crippen molar-refractivity contribution in [2.45, 2.75) is 6.92 Å². The summed E-state index contributed by atoms with van der Waals surface area (Å²) in [6, 6.07) is 15.1. The minimum atomic E-state index is -0.00214. The van der Waals surface area contributed by atoms with Crippen LogP contribution in [0.15, 0.2) is 48.5 Å². The molecule has 6 heteroatoms. The van der Waals surface area contributed by atoms with E-state index in [-0.39, 0.29) is 12.5 Å². The Kier molecular flexibility index (Phi) is 6.23. The zero-order valence-corrected chi connectivity index (χ0v) is 15.6. The van der Waals surface area contributed by atoms with Gasteiger partial charge < -0.3 is 19.3 Å². The van der Waals surface area contributed by atoms with Crippen molar-refractivity contribution >= 4 is 23.2 Å². The van der Waals surface area contributed by atoms with Crippen molar-refractivity contribution in [2.24, 2.45) is 0 Å². The summed E-state index contributed by atoms with van der Waals surface area (Å²) in [5.41, 5.74) is 1.02. The zero-order valence-electron chi connectivity index (χ0n) is 14.9. The first-order valence-corrected chi connectivity index (χ1v) is 9.18. The van der Waals surface area contributed by atoms with Crippen molar-refractivity contribution in [1.82, 2.24) is 4.90 Å². The lowest BCUT2D eigenvalue weighted by Gasteiger charge is -2.36. The van der Waals surface area contributed by atoms with E-state index in [1.807, 2.05) is 60.4 Å². The number of ether oxygens (including phenoxy) is 2. The van der Waals surface area contributed by atoms with Gasteiger partial charge in [0.15, 0.2) is 6.61 Å². The fourth-order valence-corrected chi connectivity index (χ4v) is 3.20. The molecule has 0 bridgehead atoms. The molecule has 0 aliphatic carbocycles. The van der Waals surface area contributed by atoms with Gasteiger partial charge in [0.25, 0.3) is 5.91 Å². The minimum Gasteiger partial charge on any atom is -0.494 e. The van der Waals surface area contributed by atoms with Crippen molar-refractivity contribution in [1.29, 1.82) is 0 Å². The summed E-state index contributed by atoms with van der Waals surface area (Å²) in [5.74, 6) is 1.45. The second kappa shape index (κ2) is 8.81. The molecule has 0 N–H and O–H groups in total. The molecule has 26 heavy (non-hydrogen) atoms. The number of halogens is 1. The number of nitrogens with zero attached hydrogens (tertiary/aromatic N) is 2. The lowest BCUT2D eigenvalue weighted by Crippen LogP contribution is -2.50. The number of carbonyl (C=O) groups excluding carboxylic acids is 1. The number of carbonyl (C=O) groups is 1. The summed E-state index contributed by atoms with van der Waals surface area (Å²) in [6.07, 6.45) is 0. The summed E-state index contributed by atoms with van der Waals surface area (Å²) in [7, 11) is 0. The number of hydrogen-bond acceptors (Lipinski definition) is 4. The van der Waals surface area contributed by atoms with Crippen LogP contribution in [-0.2, 0) is 4.79 Å². The molecule has 1 aliphatic rings. The molecule has 0 spiro atoms. The van der Waals surface area contributed by atoms with E-state index in [4.69, 9.17) is 21.1 Å². The Balaban J connectivity index is 1.47. The van der Waals surface area contributed by atoms with Crippen LogP contribution < -0.4 is 14.4 Å². The van der Waals surface area contributed by atoms with Crippen molar-refractivity contribution in [3.8, 4) is 11.5 Å². The number of para-hydroxylation sites is 1. The maximum atomic E-state index is 12.4. The van der Waals surface area contributed by atoms with E-state index in [1.165, 1.54) is 0 Å². The van der Waals surface area contributed by atoms with Gasteiger partial charge in [0.2, 0.25) is 0 Å². The maximum absolute atomic E-state index is 12.4. The first kappa shape index (κ1) is 18.4. The highest BCUT2D eigenvalue weighted by Gasteiger charge is 2.22. The van der Waals surface area contributed by atoms with Gasteiger partial charge in [-0.1, -0.05) is 23.7 Å². The maximum Gasteiger partial charge on any atom is 0.260 e. The third kappa shape index (κ3) is 4.61. The molecule has 5 nitrogen and oxygen atoms in total. The molecule has 138 valence electrons. The lowest BCUT2D eigenvalue weighted by atomic mass is 10.2. The summed E-state index contributed by atoms with van der Waals surface area (Å²) < 4.78 is 11.0. The summed E-state index contributed by atoms with van der Waals surface area (Å²) >= 11 is 6.25. The molecule has 2 aromatic rings. The Morgan fingerprint density at radius 1 is 0.962 bits per heavy atom. The topological polar surface area (TPSA) is 42.0 Å². The quantitative estimate of drug-likeness (QED) is 0.776. The fourth-order valence-electron chi connectivity index (χ4n) is 2.94. The molecule has 1 heterocycles. The monoisotopic (exact) mass is 374 g/mol. The van der Waals surface area contributed by atoms with Gasteiger partial charge in [-0.05, 0) is 43.3 Å². The molecule has 2 aromatic carbocycles. The highest BCUT2D eigenvalue weighted by Crippen LogP contribution is 2.26. The molecule has 0 unspecified atom stereocenters. The molecular weight excluding hydrogens is 352 g/mol. The van der Waals surface area contributed by atoms with Gasteiger partial charge in [-0.2, -0.15) is 0 Å². The number of amides is 1. The summed E-state index contributed by atoms with van der Waals surface area (Å²) in [6.45, 7) is 5.46. The Labute approximate surface area is 159 Å². The molecule has 0 aromatic heterocycles. The molecule has 3 rings (SSSR count). The third-order valence-corrected chi connectivity index (χ3v) is 4.64. The molecule has 1 amide bonds. The van der Waals surface area contributed by atoms with Crippen molar-refractivity contribution in [3.63, 3.8) is 0 Å². The van der Waals surface area contributed by atoms with Gasteiger partial charge in [0.1, 0.15) is 11.5 Å². The van der Waals surface area contributed by atoms with Crippen LogP contribution in [0.5, 0.6) is 11.5 Å². The van der Waals surface area contributed by atoms with Crippen LogP contribution in [0.2, 0.25) is 5.02 Å². The van der Waals surface area contributed by atoms with Gasteiger partial charge in [-0.25, -0.2) is 0 Å². The standard InChI is InChI=1S/C20H23ClN2O3/c1-2-25-16-7-9-17(10-8-16)26-15-20(24)23-13-11-22(12-14-23)19-6-4-3-5-18(19)21/h3-10H,2,11-15H2,1H3. The molecule has 1 aliphatic heterocycles. The van der Waals surface area contributed by atoms with E-state index in [0.717, 1.165) is 29.5 Å². The van der Waals surface area contributed by atoms with Gasteiger partial charge in [-0.3, -0.25) is 4.79 Å². The predicted octanol–water partition coefficient (Wildman–Crippen LogP) is 3.47. The highest BCUT2D eigenvalue weighted by molar-refractivity contribution is 6.33. The minimum absolute atomic E-state index is 0.00214. The average molecular weight is 375 g/mol. The number of piperazine rings is 1. The van der Waals surface area contributed by atoms with Crippen molar-refractivity contribution in [3.05, 3.63) is 53.6 Å². The van der Waals surface area contributed by atoms with Crippen LogP contribution in [-0.4, -0.2) is 50.2 Å². The SMILES string of the molecule is CCOc1ccc(OCC(=O)N2CCN(c3ccccc3Cl)CC2)cc1. The van der Waals surface area contributed by atoms with Crippen molar-refractivity contribution in [2.75, 3.05) is 44.3 Å². The smallest absolute Gasteiger partial charge is 0.260 e. The van der Waals surface area contributed by atoms with Gasteiger partial charge in [-0.15, -0.1) is 0 Å².